The Morgan fingerprint density at radius 1 is 0.786 bits per heavy atom. The summed E-state index contributed by atoms with van der Waals surface area (Å²) in [6, 6.07) is 19.5. The standard InChI is InChI=1S/C32H42N2O6S2/c1-2-3-4-5-6-7-8-9-10-14-23-33-42(38,39)30-22-21-29(41-30)25-34(31(35)32(36)37)24-26-17-19-28(20-18-26)40-27-15-12-11-13-16-27/h11-13,15-22,33H,2-10,14,23-25H2,1H3,(H,36,37). The summed E-state index contributed by atoms with van der Waals surface area (Å²) >= 11 is 1.04. The van der Waals surface area contributed by atoms with E-state index in [2.05, 4.69) is 11.6 Å². The molecule has 1 amide bonds. The normalized spacial score (nSPS) is 11.4. The van der Waals surface area contributed by atoms with Gasteiger partial charge in [-0.05, 0) is 48.4 Å². The lowest BCUT2D eigenvalue weighted by molar-refractivity contribution is -0.156. The van der Waals surface area contributed by atoms with E-state index in [1.165, 1.54) is 55.9 Å². The molecule has 0 saturated carbocycles. The van der Waals surface area contributed by atoms with Crippen LogP contribution >= 0.6 is 11.3 Å². The van der Waals surface area contributed by atoms with E-state index in [9.17, 15) is 23.1 Å². The summed E-state index contributed by atoms with van der Waals surface area (Å²) in [7, 11) is -3.68. The molecular weight excluding hydrogens is 572 g/mol. The highest BCUT2D eigenvalue weighted by Gasteiger charge is 2.23. The second-order valence-corrected chi connectivity index (χ2v) is 13.5. The van der Waals surface area contributed by atoms with Crippen molar-refractivity contribution in [2.75, 3.05) is 6.54 Å². The smallest absolute Gasteiger partial charge is 0.394 e. The Morgan fingerprint density at radius 2 is 1.38 bits per heavy atom. The molecule has 8 nitrogen and oxygen atoms in total. The molecule has 42 heavy (non-hydrogen) atoms. The summed E-state index contributed by atoms with van der Waals surface area (Å²) in [6.45, 7) is 2.62. The summed E-state index contributed by atoms with van der Waals surface area (Å²) in [6.07, 6.45) is 11.8. The fourth-order valence-corrected chi connectivity index (χ4v) is 7.00. The number of hydrogen-bond acceptors (Lipinski definition) is 6. The van der Waals surface area contributed by atoms with Crippen LogP contribution in [0.15, 0.2) is 70.9 Å². The van der Waals surface area contributed by atoms with E-state index in [4.69, 9.17) is 4.74 Å². The van der Waals surface area contributed by atoms with Crippen LogP contribution in [0.3, 0.4) is 0 Å². The van der Waals surface area contributed by atoms with Crippen molar-refractivity contribution < 1.29 is 27.9 Å². The molecule has 10 heteroatoms. The molecule has 0 aliphatic heterocycles. The molecule has 0 fully saturated rings. The molecule has 2 aromatic carbocycles. The van der Waals surface area contributed by atoms with Gasteiger partial charge in [0, 0.05) is 18.0 Å². The topological polar surface area (TPSA) is 113 Å². The maximum absolute atomic E-state index is 12.8. The fourth-order valence-electron chi connectivity index (χ4n) is 4.51. The van der Waals surface area contributed by atoms with Gasteiger partial charge in [0.05, 0.1) is 6.54 Å². The quantitative estimate of drug-likeness (QED) is 0.108. The highest BCUT2D eigenvalue weighted by Crippen LogP contribution is 2.25. The molecule has 0 radical (unpaired) electrons. The molecular formula is C32H42N2O6S2. The van der Waals surface area contributed by atoms with E-state index in [0.717, 1.165) is 30.6 Å². The zero-order valence-electron chi connectivity index (χ0n) is 24.3. The minimum atomic E-state index is -3.68. The molecule has 0 aliphatic carbocycles. The molecule has 3 aromatic rings. The third-order valence-corrected chi connectivity index (χ3v) is 9.84. The molecule has 1 aromatic heterocycles. The number of carbonyl (C=O) groups is 2. The SMILES string of the molecule is CCCCCCCCCCCCNS(=O)(=O)c1ccc(CN(Cc2ccc(Oc3ccccc3)cc2)C(=O)C(=O)O)s1. The van der Waals surface area contributed by atoms with E-state index in [-0.39, 0.29) is 17.3 Å². The van der Waals surface area contributed by atoms with E-state index < -0.39 is 21.9 Å². The zero-order chi connectivity index (χ0) is 30.2. The number of nitrogens with zero attached hydrogens (tertiary/aromatic N) is 1. The predicted molar refractivity (Wildman–Crippen MR) is 166 cm³/mol. The molecule has 1 heterocycles. The lowest BCUT2D eigenvalue weighted by Crippen LogP contribution is -2.35. The first-order valence-corrected chi connectivity index (χ1v) is 17.0. The second kappa shape index (κ2) is 17.7. The van der Waals surface area contributed by atoms with Crippen molar-refractivity contribution in [3.63, 3.8) is 0 Å². The zero-order valence-corrected chi connectivity index (χ0v) is 25.9. The maximum atomic E-state index is 12.8. The van der Waals surface area contributed by atoms with Crippen molar-refractivity contribution in [1.82, 2.24) is 9.62 Å². The van der Waals surface area contributed by atoms with Crippen molar-refractivity contribution in [1.29, 1.82) is 0 Å². The number of amides is 1. The summed E-state index contributed by atoms with van der Waals surface area (Å²) in [5, 5.41) is 9.37. The largest absolute Gasteiger partial charge is 0.474 e. The van der Waals surface area contributed by atoms with Gasteiger partial charge in [0.25, 0.3) is 0 Å². The molecule has 0 aliphatic rings. The van der Waals surface area contributed by atoms with Crippen molar-refractivity contribution in [2.45, 2.75) is 88.4 Å². The molecule has 0 bridgehead atoms. The van der Waals surface area contributed by atoms with Crippen molar-refractivity contribution in [3.05, 3.63) is 77.2 Å². The molecule has 3 rings (SSSR count). The first-order chi connectivity index (χ1) is 20.3. The average molecular weight is 615 g/mol. The summed E-state index contributed by atoms with van der Waals surface area (Å²) < 4.78 is 34.2. The Bertz CT molecular complexity index is 1340. The van der Waals surface area contributed by atoms with Crippen LogP contribution in [-0.4, -0.2) is 36.8 Å². The van der Waals surface area contributed by atoms with Gasteiger partial charge in [-0.25, -0.2) is 17.9 Å². The van der Waals surface area contributed by atoms with Gasteiger partial charge in [-0.2, -0.15) is 0 Å². The van der Waals surface area contributed by atoms with Gasteiger partial charge in [0.15, 0.2) is 0 Å². The van der Waals surface area contributed by atoms with Crippen LogP contribution in [0.4, 0.5) is 0 Å². The Hall–Kier alpha value is -3.21. The van der Waals surface area contributed by atoms with Crippen LogP contribution in [0.25, 0.3) is 0 Å². The van der Waals surface area contributed by atoms with Gasteiger partial charge >= 0.3 is 11.9 Å². The number of carboxylic acids is 1. The molecule has 228 valence electrons. The van der Waals surface area contributed by atoms with Gasteiger partial charge in [-0.3, -0.25) is 4.79 Å². The van der Waals surface area contributed by atoms with Crippen LogP contribution in [0, 0.1) is 0 Å². The number of carbonyl (C=O) groups excluding carboxylic acids is 1. The predicted octanol–water partition coefficient (Wildman–Crippen LogP) is 7.35. The van der Waals surface area contributed by atoms with Crippen LogP contribution in [0.5, 0.6) is 11.5 Å². The number of rotatable bonds is 19. The highest BCUT2D eigenvalue weighted by molar-refractivity contribution is 7.91. The molecule has 2 N–H and O–H groups in total. The van der Waals surface area contributed by atoms with Crippen LogP contribution in [-0.2, 0) is 32.7 Å². The number of carboxylic acid groups (broad SMARTS) is 1. The van der Waals surface area contributed by atoms with E-state index >= 15 is 0 Å². The Balaban J connectivity index is 1.48. The van der Waals surface area contributed by atoms with Crippen molar-refractivity contribution >= 4 is 33.2 Å². The number of benzene rings is 2. The second-order valence-electron chi connectivity index (χ2n) is 10.3. The summed E-state index contributed by atoms with van der Waals surface area (Å²) in [5.41, 5.74) is 0.715. The van der Waals surface area contributed by atoms with E-state index in [1.54, 1.807) is 30.3 Å². The number of sulfonamides is 1. The minimum absolute atomic E-state index is 0.0218. The number of hydrogen-bond donors (Lipinski definition) is 2. The number of aliphatic carboxylic acids is 1. The van der Waals surface area contributed by atoms with Crippen LogP contribution in [0.2, 0.25) is 0 Å². The molecule has 0 spiro atoms. The van der Waals surface area contributed by atoms with Gasteiger partial charge in [-0.1, -0.05) is 95.0 Å². The number of thiophene rings is 1. The number of para-hydroxylation sites is 1. The first kappa shape index (κ1) is 33.3. The maximum Gasteiger partial charge on any atom is 0.394 e. The first-order valence-electron chi connectivity index (χ1n) is 14.7. The number of ether oxygens (including phenoxy) is 1. The third kappa shape index (κ3) is 11.6. The number of nitrogens with one attached hydrogen (secondary N) is 1. The third-order valence-electron chi connectivity index (χ3n) is 6.82. The van der Waals surface area contributed by atoms with Gasteiger partial charge in [0.1, 0.15) is 15.7 Å². The fraction of sp³-hybridized carbons (Fsp3) is 0.438. The minimum Gasteiger partial charge on any atom is -0.474 e. The molecule has 0 saturated heterocycles. The average Bonchev–Trinajstić information content (AvgIpc) is 3.46. The van der Waals surface area contributed by atoms with Gasteiger partial charge in [0.2, 0.25) is 10.0 Å². The van der Waals surface area contributed by atoms with Gasteiger partial charge in [-0.15, -0.1) is 11.3 Å². The lowest BCUT2D eigenvalue weighted by atomic mass is 10.1. The summed E-state index contributed by atoms with van der Waals surface area (Å²) in [4.78, 5) is 25.7. The Kier molecular flexibility index (Phi) is 14.0. The summed E-state index contributed by atoms with van der Waals surface area (Å²) in [5.74, 6) is -1.33. The molecule has 0 atom stereocenters. The molecule has 0 unspecified atom stereocenters. The van der Waals surface area contributed by atoms with Crippen LogP contribution < -0.4 is 9.46 Å². The Labute approximate surface area is 253 Å². The number of unbranched alkanes of at least 4 members (excludes halogenated alkanes) is 9. The van der Waals surface area contributed by atoms with E-state index in [1.807, 2.05) is 30.3 Å². The Morgan fingerprint density at radius 3 is 2.00 bits per heavy atom. The van der Waals surface area contributed by atoms with Crippen LogP contribution in [0.1, 0.15) is 81.6 Å². The van der Waals surface area contributed by atoms with E-state index in [0.29, 0.717) is 28.5 Å². The van der Waals surface area contributed by atoms with Gasteiger partial charge < -0.3 is 14.7 Å². The highest BCUT2D eigenvalue weighted by atomic mass is 32.2. The monoisotopic (exact) mass is 614 g/mol. The van der Waals surface area contributed by atoms with Crippen molar-refractivity contribution in [2.24, 2.45) is 0 Å². The lowest BCUT2D eigenvalue weighted by Gasteiger charge is -2.20. The van der Waals surface area contributed by atoms with Crippen molar-refractivity contribution in [3.8, 4) is 11.5 Å².